The highest BCUT2D eigenvalue weighted by molar-refractivity contribution is 7.89. The Balaban J connectivity index is 1.69. The summed E-state index contributed by atoms with van der Waals surface area (Å²) in [5, 5.41) is 2.79. The third kappa shape index (κ3) is 4.23. The molecule has 0 aromatic heterocycles. The van der Waals surface area contributed by atoms with Crippen LogP contribution in [0, 0.1) is 0 Å². The minimum Gasteiger partial charge on any atom is -0.494 e. The molecule has 26 heavy (non-hydrogen) atoms. The van der Waals surface area contributed by atoms with E-state index in [1.54, 1.807) is 24.3 Å². The normalized spacial score (nSPS) is 17.1. The average molecular weight is 374 g/mol. The molecule has 3 rings (SSSR count). The summed E-state index contributed by atoms with van der Waals surface area (Å²) in [6, 6.07) is 14.0. The summed E-state index contributed by atoms with van der Waals surface area (Å²) < 4.78 is 33.2. The zero-order valence-corrected chi connectivity index (χ0v) is 15.4. The molecule has 6 nitrogen and oxygen atoms in total. The van der Waals surface area contributed by atoms with Gasteiger partial charge >= 0.3 is 0 Å². The molecule has 2 aromatic rings. The first kappa shape index (κ1) is 18.4. The van der Waals surface area contributed by atoms with Crippen LogP contribution in [-0.4, -0.2) is 27.5 Å². The highest BCUT2D eigenvalue weighted by atomic mass is 32.2. The van der Waals surface area contributed by atoms with Crippen LogP contribution in [-0.2, 0) is 21.4 Å². The number of carbonyl (C=O) groups is 1. The van der Waals surface area contributed by atoms with E-state index in [0.29, 0.717) is 25.3 Å². The lowest BCUT2D eigenvalue weighted by molar-refractivity contribution is -0.119. The van der Waals surface area contributed by atoms with Crippen LogP contribution in [0.1, 0.15) is 30.4 Å². The maximum absolute atomic E-state index is 12.5. The number of nitrogens with one attached hydrogen (secondary N) is 2. The predicted octanol–water partition coefficient (Wildman–Crippen LogP) is 2.17. The maximum Gasteiger partial charge on any atom is 0.240 e. The highest BCUT2D eigenvalue weighted by Crippen LogP contribution is 2.24. The second kappa shape index (κ2) is 7.88. The number of carbonyl (C=O) groups excluding carboxylic acids is 1. The molecule has 7 heteroatoms. The van der Waals surface area contributed by atoms with E-state index < -0.39 is 10.0 Å². The number of hydrogen-bond acceptors (Lipinski definition) is 4. The van der Waals surface area contributed by atoms with Crippen LogP contribution in [0.15, 0.2) is 53.4 Å². The minimum atomic E-state index is -3.63. The van der Waals surface area contributed by atoms with Gasteiger partial charge in [0.15, 0.2) is 0 Å². The Labute approximate surface area is 153 Å². The predicted molar refractivity (Wildman–Crippen MR) is 98.4 cm³/mol. The van der Waals surface area contributed by atoms with E-state index in [4.69, 9.17) is 4.74 Å². The fourth-order valence-electron chi connectivity index (χ4n) is 2.96. The number of sulfonamides is 1. The quantitative estimate of drug-likeness (QED) is 0.778. The zero-order chi connectivity index (χ0) is 18.6. The van der Waals surface area contributed by atoms with Gasteiger partial charge in [0.05, 0.1) is 11.5 Å². The number of benzene rings is 2. The third-order valence-corrected chi connectivity index (χ3v) is 5.78. The Hall–Kier alpha value is -2.38. The van der Waals surface area contributed by atoms with Crippen LogP contribution in [0.25, 0.3) is 0 Å². The van der Waals surface area contributed by atoms with Gasteiger partial charge in [-0.15, -0.1) is 0 Å². The summed E-state index contributed by atoms with van der Waals surface area (Å²) in [6.07, 6.45) is 0.443. The molecule has 0 saturated carbocycles. The smallest absolute Gasteiger partial charge is 0.240 e. The molecule has 1 fully saturated rings. The van der Waals surface area contributed by atoms with Crippen molar-refractivity contribution < 1.29 is 17.9 Å². The first-order chi connectivity index (χ1) is 12.5. The Morgan fingerprint density at radius 3 is 2.54 bits per heavy atom. The summed E-state index contributed by atoms with van der Waals surface area (Å²) in [5.41, 5.74) is 1.74. The number of hydrogen-bond donors (Lipinski definition) is 2. The van der Waals surface area contributed by atoms with Crippen LogP contribution in [0.3, 0.4) is 0 Å². The van der Waals surface area contributed by atoms with E-state index >= 15 is 0 Å². The summed E-state index contributed by atoms with van der Waals surface area (Å²) in [6.45, 7) is 3.15. The van der Waals surface area contributed by atoms with Gasteiger partial charge in [-0.25, -0.2) is 13.1 Å². The molecule has 1 heterocycles. The fraction of sp³-hybridized carbons (Fsp3) is 0.316. The van der Waals surface area contributed by atoms with Crippen LogP contribution in [0.2, 0.25) is 0 Å². The lowest BCUT2D eigenvalue weighted by atomic mass is 9.99. The van der Waals surface area contributed by atoms with E-state index in [2.05, 4.69) is 10.0 Å². The highest BCUT2D eigenvalue weighted by Gasteiger charge is 2.23. The second-order valence-corrected chi connectivity index (χ2v) is 7.91. The zero-order valence-electron chi connectivity index (χ0n) is 14.6. The first-order valence-corrected chi connectivity index (χ1v) is 10.0. The average Bonchev–Trinajstić information content (AvgIpc) is 3.08. The van der Waals surface area contributed by atoms with Gasteiger partial charge in [-0.1, -0.05) is 30.3 Å². The van der Waals surface area contributed by atoms with Crippen molar-refractivity contribution in [3.05, 3.63) is 59.7 Å². The molecule has 138 valence electrons. The Bertz CT molecular complexity index is 879. The van der Waals surface area contributed by atoms with Crippen molar-refractivity contribution in [3.63, 3.8) is 0 Å². The molecule has 0 radical (unpaired) electrons. The Morgan fingerprint density at radius 1 is 1.15 bits per heavy atom. The molecule has 1 atom stereocenters. The summed E-state index contributed by atoms with van der Waals surface area (Å²) in [5.74, 6) is 0.804. The molecular weight excluding hydrogens is 352 g/mol. The van der Waals surface area contributed by atoms with Crippen LogP contribution in [0.5, 0.6) is 5.75 Å². The summed E-state index contributed by atoms with van der Waals surface area (Å²) in [4.78, 5) is 11.5. The lowest BCUT2D eigenvalue weighted by Crippen LogP contribution is -2.23. The Kier molecular flexibility index (Phi) is 5.58. The second-order valence-electron chi connectivity index (χ2n) is 6.14. The summed E-state index contributed by atoms with van der Waals surface area (Å²) >= 11 is 0. The molecule has 2 N–H and O–H groups in total. The van der Waals surface area contributed by atoms with Gasteiger partial charge in [0.1, 0.15) is 5.75 Å². The van der Waals surface area contributed by atoms with Crippen molar-refractivity contribution in [1.82, 2.24) is 10.0 Å². The molecule has 0 bridgehead atoms. The van der Waals surface area contributed by atoms with Gasteiger partial charge in [-0.3, -0.25) is 4.79 Å². The van der Waals surface area contributed by atoms with Crippen molar-refractivity contribution >= 4 is 15.9 Å². The van der Waals surface area contributed by atoms with Crippen LogP contribution in [0.4, 0.5) is 0 Å². The monoisotopic (exact) mass is 374 g/mol. The number of rotatable bonds is 7. The molecule has 2 aromatic carbocycles. The molecule has 1 aliphatic heterocycles. The molecule has 0 spiro atoms. The molecule has 1 aliphatic rings. The lowest BCUT2D eigenvalue weighted by Gasteiger charge is -2.12. The third-order valence-electron chi connectivity index (χ3n) is 4.36. The van der Waals surface area contributed by atoms with Gasteiger partial charge < -0.3 is 10.1 Å². The topological polar surface area (TPSA) is 84.5 Å². The van der Waals surface area contributed by atoms with Gasteiger partial charge in [0.25, 0.3) is 0 Å². The van der Waals surface area contributed by atoms with Crippen molar-refractivity contribution in [2.75, 3.05) is 13.2 Å². The molecule has 1 saturated heterocycles. The minimum absolute atomic E-state index is 0.0290. The van der Waals surface area contributed by atoms with Gasteiger partial charge in [0.2, 0.25) is 15.9 Å². The van der Waals surface area contributed by atoms with Gasteiger partial charge in [-0.2, -0.15) is 0 Å². The standard InChI is InChI=1S/C19H22N2O4S/c1-2-25-18-6-4-3-5-15(18)13-21-26(23,24)17-9-7-14(8-10-17)16-11-19(22)20-12-16/h3-10,16,21H,2,11-13H2,1H3,(H,20,22). The van der Waals surface area contributed by atoms with E-state index in [1.165, 1.54) is 0 Å². The molecule has 1 amide bonds. The maximum atomic E-state index is 12.5. The number of ether oxygens (including phenoxy) is 1. The number of amides is 1. The number of para-hydroxylation sites is 1. The fourth-order valence-corrected chi connectivity index (χ4v) is 3.97. The van der Waals surface area contributed by atoms with Crippen molar-refractivity contribution in [3.8, 4) is 5.75 Å². The Morgan fingerprint density at radius 2 is 1.88 bits per heavy atom. The van der Waals surface area contributed by atoms with E-state index in [9.17, 15) is 13.2 Å². The first-order valence-electron chi connectivity index (χ1n) is 8.56. The molecule has 0 aliphatic carbocycles. The van der Waals surface area contributed by atoms with Crippen LogP contribution < -0.4 is 14.8 Å². The van der Waals surface area contributed by atoms with Crippen molar-refractivity contribution in [2.24, 2.45) is 0 Å². The SMILES string of the molecule is CCOc1ccccc1CNS(=O)(=O)c1ccc(C2CNC(=O)C2)cc1. The largest absolute Gasteiger partial charge is 0.494 e. The van der Waals surface area contributed by atoms with E-state index in [-0.39, 0.29) is 23.3 Å². The summed E-state index contributed by atoms with van der Waals surface area (Å²) in [7, 11) is -3.63. The van der Waals surface area contributed by atoms with Crippen molar-refractivity contribution in [2.45, 2.75) is 30.7 Å². The van der Waals surface area contributed by atoms with Crippen LogP contribution >= 0.6 is 0 Å². The van der Waals surface area contributed by atoms with E-state index in [0.717, 1.165) is 11.1 Å². The van der Waals surface area contributed by atoms with Gasteiger partial charge in [-0.05, 0) is 30.7 Å². The van der Waals surface area contributed by atoms with E-state index in [1.807, 2.05) is 31.2 Å². The molecular formula is C19H22N2O4S. The molecule has 1 unspecified atom stereocenters. The van der Waals surface area contributed by atoms with Gasteiger partial charge in [0, 0.05) is 31.0 Å². The van der Waals surface area contributed by atoms with Crippen molar-refractivity contribution in [1.29, 1.82) is 0 Å².